The van der Waals surface area contributed by atoms with Gasteiger partial charge in [0.15, 0.2) is 5.71 Å². The fourth-order valence-electron chi connectivity index (χ4n) is 8.02. The van der Waals surface area contributed by atoms with Crippen LogP contribution in [0, 0.1) is 0 Å². The van der Waals surface area contributed by atoms with E-state index in [4.69, 9.17) is 4.74 Å². The molecule has 0 atom stereocenters. The third-order valence-corrected chi connectivity index (χ3v) is 11.3. The Morgan fingerprint density at radius 2 is 1.66 bits per heavy atom. The van der Waals surface area contributed by atoms with E-state index in [0.717, 1.165) is 74.1 Å². The number of rotatable bonds is 15. The average molecular weight is 742 g/mol. The summed E-state index contributed by atoms with van der Waals surface area (Å²) in [4.78, 5) is 17.8. The molecule has 0 spiro atoms. The number of benzene rings is 2. The molecule has 0 fully saturated rings. The van der Waals surface area contributed by atoms with E-state index < -0.39 is 5.60 Å². The van der Waals surface area contributed by atoms with Crippen LogP contribution in [0.1, 0.15) is 111 Å². The van der Waals surface area contributed by atoms with Crippen LogP contribution in [0.15, 0.2) is 95.4 Å². The molecule has 0 N–H and O–H groups in total. The highest BCUT2D eigenvalue weighted by Crippen LogP contribution is 2.48. The van der Waals surface area contributed by atoms with Crippen LogP contribution >= 0.6 is 12.0 Å². The van der Waals surface area contributed by atoms with E-state index in [0.29, 0.717) is 5.75 Å². The molecule has 0 saturated carbocycles. The molecule has 0 saturated heterocycles. The predicted octanol–water partition coefficient (Wildman–Crippen LogP) is 9.98. The maximum Gasteiger partial charge on any atom is 0.414 e. The van der Waals surface area contributed by atoms with Crippen LogP contribution < -0.4 is 10.2 Å². The SMILES string of the molecule is CCCCC[N+]1=C(C=CC2=C(N(C)C(=O)OC(C)(C)C)C(=CC=C3N(CCCCSOO[O-])c4ccccc4C3(C)C)CC2)C(C)(C)c2ccccc21. The lowest BCUT2D eigenvalue weighted by Gasteiger charge is -2.28. The number of hydrogen-bond acceptors (Lipinski definition) is 7. The molecule has 0 radical (unpaired) electrons. The first-order valence-electron chi connectivity index (χ1n) is 19.2. The molecule has 5 rings (SSSR count). The average Bonchev–Trinajstić information content (AvgIpc) is 3.68. The quantitative estimate of drug-likeness (QED) is 0.0591. The van der Waals surface area contributed by atoms with Gasteiger partial charge in [0.2, 0.25) is 5.69 Å². The highest BCUT2D eigenvalue weighted by Gasteiger charge is 2.44. The second-order valence-corrected chi connectivity index (χ2v) is 17.1. The third kappa shape index (κ3) is 9.02. The van der Waals surface area contributed by atoms with Gasteiger partial charge in [-0.25, -0.2) is 4.79 Å². The van der Waals surface area contributed by atoms with Crippen LogP contribution in [0.3, 0.4) is 0 Å². The molecule has 9 heteroatoms. The number of fused-ring (bicyclic) bond motifs is 2. The molecule has 0 unspecified atom stereocenters. The van der Waals surface area contributed by atoms with Crippen molar-refractivity contribution >= 4 is 35.2 Å². The highest BCUT2D eigenvalue weighted by molar-refractivity contribution is 7.94. The summed E-state index contributed by atoms with van der Waals surface area (Å²) in [6, 6.07) is 17.4. The highest BCUT2D eigenvalue weighted by atomic mass is 32.2. The van der Waals surface area contributed by atoms with Crippen molar-refractivity contribution < 1.29 is 28.7 Å². The Balaban J connectivity index is 1.55. The van der Waals surface area contributed by atoms with Gasteiger partial charge >= 0.3 is 6.09 Å². The van der Waals surface area contributed by atoms with Crippen molar-refractivity contribution in [2.45, 2.75) is 117 Å². The number of unbranched alkanes of at least 4 members (excludes halogenated alkanes) is 3. The lowest BCUT2D eigenvalue weighted by molar-refractivity contribution is -0.777. The van der Waals surface area contributed by atoms with Gasteiger partial charge in [0.05, 0.1) is 11.1 Å². The molecule has 2 aromatic rings. The monoisotopic (exact) mass is 741 g/mol. The van der Waals surface area contributed by atoms with Gasteiger partial charge in [0, 0.05) is 72.3 Å². The Kier molecular flexibility index (Phi) is 13.2. The smallest absolute Gasteiger partial charge is 0.414 e. The van der Waals surface area contributed by atoms with Gasteiger partial charge in [0.1, 0.15) is 12.1 Å². The molecule has 3 aliphatic rings. The molecule has 1 amide bonds. The van der Waals surface area contributed by atoms with Crippen molar-refractivity contribution in [1.82, 2.24) is 4.90 Å². The van der Waals surface area contributed by atoms with Crippen LogP contribution in [0.5, 0.6) is 0 Å². The van der Waals surface area contributed by atoms with Gasteiger partial charge in [0.25, 0.3) is 0 Å². The van der Waals surface area contributed by atoms with E-state index in [1.807, 2.05) is 27.8 Å². The number of hydrogen-bond donors (Lipinski definition) is 0. The summed E-state index contributed by atoms with van der Waals surface area (Å²) in [6.45, 7) is 19.0. The number of carbonyl (C=O) groups excluding carboxylic acids is 1. The number of nitrogens with zero attached hydrogens (tertiary/aromatic N) is 3. The number of allylic oxidation sites excluding steroid dienone is 7. The lowest BCUT2D eigenvalue weighted by Crippen LogP contribution is -2.34. The second kappa shape index (κ2) is 17.2. The summed E-state index contributed by atoms with van der Waals surface area (Å²) in [5.41, 5.74) is 9.81. The first-order valence-corrected chi connectivity index (χ1v) is 20.1. The zero-order valence-electron chi connectivity index (χ0n) is 33.3. The van der Waals surface area contributed by atoms with Crippen LogP contribution in [0.25, 0.3) is 0 Å². The summed E-state index contributed by atoms with van der Waals surface area (Å²) in [5, 5.41) is 13.7. The second-order valence-electron chi connectivity index (χ2n) is 16.3. The van der Waals surface area contributed by atoms with Crippen LogP contribution in [-0.4, -0.2) is 52.8 Å². The molecule has 53 heavy (non-hydrogen) atoms. The lowest BCUT2D eigenvalue weighted by atomic mass is 9.81. The molecule has 2 heterocycles. The van der Waals surface area contributed by atoms with Crippen molar-refractivity contribution in [2.24, 2.45) is 0 Å². The minimum absolute atomic E-state index is 0.152. The maximum absolute atomic E-state index is 13.7. The largest absolute Gasteiger partial charge is 0.691 e. The fourth-order valence-corrected chi connectivity index (χ4v) is 8.45. The van der Waals surface area contributed by atoms with Gasteiger partial charge in [-0.1, -0.05) is 75.7 Å². The van der Waals surface area contributed by atoms with Gasteiger partial charge in [-0.15, -0.1) is 0 Å². The Morgan fingerprint density at radius 3 is 2.38 bits per heavy atom. The number of carbonyl (C=O) groups is 1. The van der Waals surface area contributed by atoms with E-state index in [-0.39, 0.29) is 16.9 Å². The molecule has 8 nitrogen and oxygen atoms in total. The van der Waals surface area contributed by atoms with Crippen LogP contribution in [0.2, 0.25) is 0 Å². The topological polar surface area (TPSA) is 77.3 Å². The number of anilines is 1. The first kappa shape index (κ1) is 40.6. The first-order chi connectivity index (χ1) is 25.2. The van der Waals surface area contributed by atoms with Crippen molar-refractivity contribution in [3.8, 4) is 0 Å². The molecule has 2 aromatic carbocycles. The molecular formula is C44H59N3O5S. The van der Waals surface area contributed by atoms with E-state index in [2.05, 4.69) is 126 Å². The Hall–Kier alpha value is -3.63. The summed E-state index contributed by atoms with van der Waals surface area (Å²) < 4.78 is 12.9. The zero-order valence-corrected chi connectivity index (χ0v) is 34.1. The number of likely N-dealkylation sites (N-methyl/N-ethyl adjacent to an activating group) is 1. The summed E-state index contributed by atoms with van der Waals surface area (Å²) >= 11 is 1.04. The maximum atomic E-state index is 13.7. The molecule has 2 aliphatic heterocycles. The third-order valence-electron chi connectivity index (χ3n) is 10.7. The van der Waals surface area contributed by atoms with E-state index in [9.17, 15) is 10.1 Å². The van der Waals surface area contributed by atoms with Crippen LogP contribution in [0.4, 0.5) is 16.2 Å². The van der Waals surface area contributed by atoms with Crippen molar-refractivity contribution in [3.63, 3.8) is 0 Å². The van der Waals surface area contributed by atoms with Gasteiger partial charge in [-0.05, 0) is 95.6 Å². The van der Waals surface area contributed by atoms with Gasteiger partial charge < -0.3 is 14.9 Å². The van der Waals surface area contributed by atoms with Gasteiger partial charge in [-0.3, -0.25) is 9.94 Å². The number of para-hydroxylation sites is 2. The Morgan fingerprint density at radius 1 is 0.943 bits per heavy atom. The van der Waals surface area contributed by atoms with Crippen LogP contribution in [-0.2, 0) is 24.9 Å². The minimum Gasteiger partial charge on any atom is -0.691 e. The fraction of sp³-hybridized carbons (Fsp3) is 0.500. The standard InChI is InChI=1S/C44H59N3O5S/c1-10-11-16-29-46-36-21-14-12-19-34(36)43(5,6)38(46)27-25-32-23-24-33(40(32)45(9)41(48)50-42(2,3)4)26-28-39-44(7,8)35-20-13-15-22-37(35)47(39)30-17-18-31-53-52-51-49/h12-15,19-22,25-28H,10-11,16-18,23-24,29-31H2,1-9H3. The summed E-state index contributed by atoms with van der Waals surface area (Å²) in [7, 11) is 1.84. The van der Waals surface area contributed by atoms with E-state index >= 15 is 0 Å². The van der Waals surface area contributed by atoms with E-state index in [1.54, 1.807) is 4.90 Å². The zero-order chi connectivity index (χ0) is 38.4. The molecule has 0 aromatic heterocycles. The van der Waals surface area contributed by atoms with Crippen molar-refractivity contribution in [3.05, 3.63) is 107 Å². The van der Waals surface area contributed by atoms with E-state index in [1.165, 1.54) is 46.8 Å². The van der Waals surface area contributed by atoms with Crippen molar-refractivity contribution in [1.29, 1.82) is 0 Å². The number of amides is 1. The summed E-state index contributed by atoms with van der Waals surface area (Å²) in [5.74, 6) is 0.671. The Labute approximate surface area is 322 Å². The Bertz CT molecular complexity index is 1800. The molecule has 1 aliphatic carbocycles. The number of ether oxygens (including phenoxy) is 1. The summed E-state index contributed by atoms with van der Waals surface area (Å²) in [6.07, 6.45) is 15.6. The molecule has 286 valence electrons. The van der Waals surface area contributed by atoms with Crippen molar-refractivity contribution in [2.75, 3.05) is 30.8 Å². The predicted molar refractivity (Wildman–Crippen MR) is 215 cm³/mol. The van der Waals surface area contributed by atoms with Gasteiger partial charge in [-0.2, -0.15) is 8.91 Å². The molecular weight excluding hydrogens is 683 g/mol. The normalized spacial score (nSPS) is 19.2. The minimum atomic E-state index is -0.617. The molecule has 0 bridgehead atoms.